The highest BCUT2D eigenvalue weighted by Gasteiger charge is 1.92. The van der Waals surface area contributed by atoms with Crippen molar-refractivity contribution in [2.45, 2.75) is 97.8 Å². The van der Waals surface area contributed by atoms with E-state index in [-0.39, 0.29) is 5.97 Å². The fourth-order valence-electron chi connectivity index (χ4n) is 2.01. The molecule has 0 aliphatic carbocycles. The lowest BCUT2D eigenvalue weighted by Gasteiger charge is -2.01. The van der Waals surface area contributed by atoms with Crippen molar-refractivity contribution >= 4 is 12.3 Å². The van der Waals surface area contributed by atoms with Crippen molar-refractivity contribution in [3.63, 3.8) is 0 Å². The van der Waals surface area contributed by atoms with E-state index in [0.717, 1.165) is 19.1 Å². The monoisotopic (exact) mass is 326 g/mol. The molecule has 0 aromatic carbocycles. The summed E-state index contributed by atoms with van der Waals surface area (Å²) in [7, 11) is 0. The van der Waals surface area contributed by atoms with Crippen molar-refractivity contribution in [1.29, 1.82) is 0 Å². The summed E-state index contributed by atoms with van der Waals surface area (Å²) in [6, 6.07) is 0. The molecule has 0 fully saturated rings. The average molecular weight is 327 g/mol. The quantitative estimate of drug-likeness (QED) is 0.170. The molecule has 0 aromatic heterocycles. The molecule has 0 saturated heterocycles. The molecule has 0 bridgehead atoms. The molecule has 136 valence electrons. The Balaban J connectivity index is 0. The number of aldehydes is 1. The van der Waals surface area contributed by atoms with Crippen LogP contribution in [0, 0.1) is 0 Å². The number of hydrogen-bond donors (Lipinski definition) is 0. The van der Waals surface area contributed by atoms with Crippen molar-refractivity contribution in [2.24, 2.45) is 0 Å². The number of esters is 1. The summed E-state index contributed by atoms with van der Waals surface area (Å²) in [6.07, 6.45) is 19.3. The number of unbranched alkanes of at least 4 members (excludes halogenated alkanes) is 9. The van der Waals surface area contributed by atoms with E-state index in [0.29, 0.717) is 13.0 Å². The van der Waals surface area contributed by atoms with Crippen molar-refractivity contribution in [3.8, 4) is 0 Å². The predicted molar refractivity (Wildman–Crippen MR) is 98.6 cm³/mol. The lowest BCUT2D eigenvalue weighted by atomic mass is 10.1. The molecule has 0 radical (unpaired) electrons. The van der Waals surface area contributed by atoms with Gasteiger partial charge in [0.25, 0.3) is 0 Å². The zero-order valence-electron chi connectivity index (χ0n) is 15.6. The van der Waals surface area contributed by atoms with Gasteiger partial charge >= 0.3 is 5.97 Å². The summed E-state index contributed by atoms with van der Waals surface area (Å²) in [6.45, 7) is 6.47. The van der Waals surface area contributed by atoms with Crippen molar-refractivity contribution < 1.29 is 14.3 Å². The number of ether oxygens (including phenoxy) is 1. The first-order chi connectivity index (χ1) is 11.2. The van der Waals surface area contributed by atoms with Gasteiger partial charge in [-0.05, 0) is 25.7 Å². The minimum absolute atomic E-state index is 0.163. The Morgan fingerprint density at radius 2 is 1.35 bits per heavy atom. The second-order valence-corrected chi connectivity index (χ2v) is 5.82. The number of hydrogen-bond acceptors (Lipinski definition) is 3. The van der Waals surface area contributed by atoms with Gasteiger partial charge in [0.1, 0.15) is 6.29 Å². The van der Waals surface area contributed by atoms with Gasteiger partial charge in [-0.1, -0.05) is 70.9 Å². The van der Waals surface area contributed by atoms with E-state index in [4.69, 9.17) is 4.74 Å². The van der Waals surface area contributed by atoms with E-state index in [9.17, 15) is 9.59 Å². The maximum atomic E-state index is 10.4. The third kappa shape index (κ3) is 29.5. The molecule has 0 atom stereocenters. The fourth-order valence-corrected chi connectivity index (χ4v) is 2.01. The van der Waals surface area contributed by atoms with Gasteiger partial charge in [0.15, 0.2) is 0 Å². The number of carbonyl (C=O) groups excluding carboxylic acids is 2. The second-order valence-electron chi connectivity index (χ2n) is 5.82. The molecule has 0 spiro atoms. The van der Waals surface area contributed by atoms with Gasteiger partial charge in [-0.15, -0.1) is 0 Å². The molecule has 0 aliphatic heterocycles. The van der Waals surface area contributed by atoms with Crippen LogP contribution < -0.4 is 0 Å². The zero-order chi connectivity index (χ0) is 17.6. The molecule has 0 rings (SSSR count). The van der Waals surface area contributed by atoms with E-state index >= 15 is 0 Å². The van der Waals surface area contributed by atoms with Crippen LogP contribution in [0.3, 0.4) is 0 Å². The Morgan fingerprint density at radius 3 is 1.96 bits per heavy atom. The Bertz CT molecular complexity index is 272. The molecule has 3 nitrogen and oxygen atoms in total. The van der Waals surface area contributed by atoms with Crippen LogP contribution in [-0.2, 0) is 14.3 Å². The summed E-state index contributed by atoms with van der Waals surface area (Å²) in [5, 5.41) is 0. The maximum absolute atomic E-state index is 10.4. The molecule has 0 saturated carbocycles. The van der Waals surface area contributed by atoms with Gasteiger partial charge in [0.05, 0.1) is 6.61 Å². The van der Waals surface area contributed by atoms with Crippen molar-refractivity contribution in [1.82, 2.24) is 0 Å². The van der Waals surface area contributed by atoms with Crippen LogP contribution in [0.15, 0.2) is 12.2 Å². The fraction of sp³-hybridized carbons (Fsp3) is 0.800. The Labute approximate surface area is 143 Å². The van der Waals surface area contributed by atoms with Crippen LogP contribution in [0.4, 0.5) is 0 Å². The van der Waals surface area contributed by atoms with Crippen molar-refractivity contribution in [3.05, 3.63) is 12.2 Å². The molecule has 0 heterocycles. The van der Waals surface area contributed by atoms with Crippen molar-refractivity contribution in [2.75, 3.05) is 6.61 Å². The molecule has 23 heavy (non-hydrogen) atoms. The van der Waals surface area contributed by atoms with Crippen LogP contribution in [0.1, 0.15) is 97.8 Å². The number of allylic oxidation sites excluding steroid dienone is 2. The van der Waals surface area contributed by atoms with Crippen LogP contribution >= 0.6 is 0 Å². The van der Waals surface area contributed by atoms with Crippen LogP contribution in [0.5, 0.6) is 0 Å². The van der Waals surface area contributed by atoms with Crippen LogP contribution in [0.2, 0.25) is 0 Å². The van der Waals surface area contributed by atoms with Gasteiger partial charge in [0.2, 0.25) is 0 Å². The lowest BCUT2D eigenvalue weighted by Crippen LogP contribution is -1.99. The smallest absolute Gasteiger partial charge is 0.302 e. The minimum atomic E-state index is -0.163. The summed E-state index contributed by atoms with van der Waals surface area (Å²) in [4.78, 5) is 20.3. The van der Waals surface area contributed by atoms with Crippen LogP contribution in [-0.4, -0.2) is 18.9 Å². The Kier molecular flexibility index (Phi) is 24.3. The maximum Gasteiger partial charge on any atom is 0.302 e. The zero-order valence-corrected chi connectivity index (χ0v) is 15.6. The highest BCUT2D eigenvalue weighted by Crippen LogP contribution is 2.04. The summed E-state index contributed by atoms with van der Waals surface area (Å²) < 4.78 is 4.81. The molecular formula is C20H38O3. The molecular weight excluding hydrogens is 288 g/mol. The van der Waals surface area contributed by atoms with Crippen LogP contribution in [0.25, 0.3) is 0 Å². The first-order valence-corrected chi connectivity index (χ1v) is 9.40. The molecule has 0 amide bonds. The summed E-state index contributed by atoms with van der Waals surface area (Å²) in [5.74, 6) is -0.163. The Hall–Kier alpha value is -1.12. The second kappa shape index (κ2) is 23.2. The predicted octanol–water partition coefficient (Wildman–Crippen LogP) is 6.01. The SMILES string of the molecule is CCCCC/C=C/CCC=O.CCCCCCCCOC(C)=O. The van der Waals surface area contributed by atoms with Gasteiger partial charge in [-0.25, -0.2) is 0 Å². The highest BCUT2D eigenvalue weighted by molar-refractivity contribution is 5.65. The molecule has 0 aliphatic rings. The topological polar surface area (TPSA) is 43.4 Å². The molecule has 0 N–H and O–H groups in total. The minimum Gasteiger partial charge on any atom is -0.466 e. The van der Waals surface area contributed by atoms with Gasteiger partial charge in [0, 0.05) is 13.3 Å². The van der Waals surface area contributed by atoms with Gasteiger partial charge in [-0.3, -0.25) is 4.79 Å². The van der Waals surface area contributed by atoms with Gasteiger partial charge in [-0.2, -0.15) is 0 Å². The number of carbonyl (C=O) groups is 2. The first kappa shape index (κ1) is 24.1. The standard InChI is InChI=1S/C10H20O2.C10H18O/c1-3-4-5-6-7-8-9-12-10(2)11;1-2-3-4-5-6-7-8-9-10-11/h3-9H2,1-2H3;6-7,10H,2-5,8-9H2,1H3/b;7-6+. The molecule has 3 heteroatoms. The summed E-state index contributed by atoms with van der Waals surface area (Å²) in [5.41, 5.74) is 0. The summed E-state index contributed by atoms with van der Waals surface area (Å²) >= 11 is 0. The molecule has 0 unspecified atom stereocenters. The Morgan fingerprint density at radius 1 is 0.783 bits per heavy atom. The molecule has 0 aromatic rings. The first-order valence-electron chi connectivity index (χ1n) is 9.40. The lowest BCUT2D eigenvalue weighted by molar-refractivity contribution is -0.141. The largest absolute Gasteiger partial charge is 0.466 e. The normalized spacial score (nSPS) is 10.2. The van der Waals surface area contributed by atoms with E-state index < -0.39 is 0 Å². The third-order valence-electron chi connectivity index (χ3n) is 3.40. The van der Waals surface area contributed by atoms with E-state index in [1.54, 1.807) is 0 Å². The van der Waals surface area contributed by atoms with E-state index in [1.807, 2.05) is 0 Å². The van der Waals surface area contributed by atoms with E-state index in [2.05, 4.69) is 26.0 Å². The number of rotatable bonds is 14. The third-order valence-corrected chi connectivity index (χ3v) is 3.40. The van der Waals surface area contributed by atoms with Gasteiger partial charge < -0.3 is 9.53 Å². The van der Waals surface area contributed by atoms with E-state index in [1.165, 1.54) is 64.7 Å². The average Bonchev–Trinajstić information content (AvgIpc) is 2.54. The highest BCUT2D eigenvalue weighted by atomic mass is 16.5.